The minimum absolute atomic E-state index is 0.120. The molecule has 0 atom stereocenters. The van der Waals surface area contributed by atoms with E-state index in [2.05, 4.69) is 26.1 Å². The van der Waals surface area contributed by atoms with E-state index in [0.29, 0.717) is 21.6 Å². The van der Waals surface area contributed by atoms with Crippen LogP contribution in [0.3, 0.4) is 0 Å². The Hall–Kier alpha value is -3.29. The third kappa shape index (κ3) is 3.42. The van der Waals surface area contributed by atoms with Crippen LogP contribution in [0.5, 0.6) is 0 Å². The molecule has 1 amide bonds. The molecule has 0 spiro atoms. The van der Waals surface area contributed by atoms with Crippen LogP contribution in [0.1, 0.15) is 0 Å². The number of imidazole rings is 1. The van der Waals surface area contributed by atoms with Crippen molar-refractivity contribution >= 4 is 51.8 Å². The summed E-state index contributed by atoms with van der Waals surface area (Å²) < 4.78 is 4.06. The Bertz CT molecular complexity index is 1350. The van der Waals surface area contributed by atoms with E-state index in [4.69, 9.17) is 11.6 Å². The number of halogens is 1. The van der Waals surface area contributed by atoms with Crippen molar-refractivity contribution in [3.05, 3.63) is 83.9 Å². The summed E-state index contributed by atoms with van der Waals surface area (Å²) in [5, 5.41) is 12.9. The van der Waals surface area contributed by atoms with Gasteiger partial charge in [-0.2, -0.15) is 0 Å². The van der Waals surface area contributed by atoms with Crippen LogP contribution < -0.4 is 5.32 Å². The fourth-order valence-electron chi connectivity index (χ4n) is 3.35. The molecular formula is C22H16ClN5OS. The molecule has 0 saturated heterocycles. The van der Waals surface area contributed by atoms with E-state index < -0.39 is 0 Å². The number of anilines is 1. The van der Waals surface area contributed by atoms with Gasteiger partial charge in [0.2, 0.25) is 11.7 Å². The van der Waals surface area contributed by atoms with E-state index in [9.17, 15) is 4.79 Å². The quantitative estimate of drug-likeness (QED) is 0.393. The lowest BCUT2D eigenvalue weighted by Crippen LogP contribution is -2.14. The van der Waals surface area contributed by atoms with E-state index in [0.717, 1.165) is 16.7 Å². The van der Waals surface area contributed by atoms with Gasteiger partial charge in [-0.05, 0) is 48.5 Å². The highest BCUT2D eigenvalue weighted by Gasteiger charge is 2.18. The summed E-state index contributed by atoms with van der Waals surface area (Å²) in [5.41, 5.74) is 3.73. The molecule has 5 rings (SSSR count). The smallest absolute Gasteiger partial charge is 0.241 e. The van der Waals surface area contributed by atoms with Gasteiger partial charge in [0, 0.05) is 16.4 Å². The number of rotatable bonds is 5. The van der Waals surface area contributed by atoms with Crippen LogP contribution in [0.4, 0.5) is 5.69 Å². The van der Waals surface area contributed by atoms with Crippen molar-refractivity contribution in [1.82, 2.24) is 19.2 Å². The second-order valence-corrected chi connectivity index (χ2v) is 8.00. The van der Waals surface area contributed by atoms with Gasteiger partial charge in [0.05, 0.1) is 16.8 Å². The summed E-state index contributed by atoms with van der Waals surface area (Å²) in [4.78, 5) is 12.4. The van der Waals surface area contributed by atoms with Crippen LogP contribution in [-0.2, 0) is 4.79 Å². The fourth-order valence-corrected chi connectivity index (χ4v) is 4.22. The Morgan fingerprint density at radius 1 is 0.900 bits per heavy atom. The van der Waals surface area contributed by atoms with Gasteiger partial charge in [-0.3, -0.25) is 13.8 Å². The van der Waals surface area contributed by atoms with Crippen molar-refractivity contribution in [2.24, 2.45) is 0 Å². The van der Waals surface area contributed by atoms with Crippen LogP contribution in [0.25, 0.3) is 22.5 Å². The van der Waals surface area contributed by atoms with Crippen LogP contribution in [-0.4, -0.2) is 30.8 Å². The van der Waals surface area contributed by atoms with Gasteiger partial charge in [-0.15, -0.1) is 10.2 Å². The second kappa shape index (κ2) is 7.85. The van der Waals surface area contributed by atoms with Crippen molar-refractivity contribution in [3.63, 3.8) is 0 Å². The number of carbonyl (C=O) groups excluding carboxylic acids is 1. The van der Waals surface area contributed by atoms with Crippen LogP contribution >= 0.6 is 23.4 Å². The molecule has 3 aromatic carbocycles. The SMILES string of the molecule is O=C(CSc1nnc2n(-c3ccccc3)c3ccccc3n12)Nc1ccc(Cl)cc1. The van der Waals surface area contributed by atoms with E-state index in [1.54, 1.807) is 24.3 Å². The molecule has 0 saturated carbocycles. The van der Waals surface area contributed by atoms with Gasteiger partial charge in [-0.25, -0.2) is 0 Å². The van der Waals surface area contributed by atoms with E-state index >= 15 is 0 Å². The van der Waals surface area contributed by atoms with Crippen LogP contribution in [0, 0.1) is 0 Å². The molecule has 0 unspecified atom stereocenters. The number of hydrogen-bond acceptors (Lipinski definition) is 4. The number of nitrogens with one attached hydrogen (secondary N) is 1. The number of para-hydroxylation sites is 3. The van der Waals surface area contributed by atoms with Gasteiger partial charge in [0.25, 0.3) is 0 Å². The molecule has 2 aromatic heterocycles. The van der Waals surface area contributed by atoms with Gasteiger partial charge >= 0.3 is 0 Å². The summed E-state index contributed by atoms with van der Waals surface area (Å²) in [7, 11) is 0. The first-order valence-corrected chi connectivity index (χ1v) is 10.7. The molecule has 6 nitrogen and oxygen atoms in total. The minimum atomic E-state index is -0.120. The number of fused-ring (bicyclic) bond motifs is 3. The second-order valence-electron chi connectivity index (χ2n) is 6.62. The zero-order valence-electron chi connectivity index (χ0n) is 15.7. The Morgan fingerprint density at radius 2 is 1.60 bits per heavy atom. The minimum Gasteiger partial charge on any atom is -0.325 e. The molecule has 0 aliphatic carbocycles. The molecule has 0 aliphatic rings. The predicted octanol–water partition coefficient (Wildman–Crippen LogP) is 5.06. The lowest BCUT2D eigenvalue weighted by molar-refractivity contribution is -0.113. The normalized spacial score (nSPS) is 11.2. The number of amides is 1. The zero-order chi connectivity index (χ0) is 20.5. The first-order chi connectivity index (χ1) is 14.7. The Kier molecular flexibility index (Phi) is 4.90. The Balaban J connectivity index is 1.46. The standard InChI is InChI=1S/C22H16ClN5OS/c23-15-10-12-16(13-11-15)24-20(29)14-30-22-26-25-21-27(17-6-2-1-3-7-17)18-8-4-5-9-19(18)28(21)22/h1-13H,14H2,(H,24,29). The summed E-state index contributed by atoms with van der Waals surface area (Å²) in [6.45, 7) is 0. The monoisotopic (exact) mass is 433 g/mol. The van der Waals surface area contributed by atoms with Gasteiger partial charge < -0.3 is 5.32 Å². The molecule has 0 radical (unpaired) electrons. The number of nitrogens with zero attached hydrogens (tertiary/aromatic N) is 4. The third-order valence-corrected chi connectivity index (χ3v) is 5.84. The predicted molar refractivity (Wildman–Crippen MR) is 121 cm³/mol. The summed E-state index contributed by atoms with van der Waals surface area (Å²) >= 11 is 7.24. The Labute approximate surface area is 181 Å². The topological polar surface area (TPSA) is 64.2 Å². The first-order valence-electron chi connectivity index (χ1n) is 9.29. The maximum absolute atomic E-state index is 12.4. The van der Waals surface area contributed by atoms with Crippen molar-refractivity contribution < 1.29 is 4.79 Å². The zero-order valence-corrected chi connectivity index (χ0v) is 17.3. The number of carbonyl (C=O) groups is 1. The summed E-state index contributed by atoms with van der Waals surface area (Å²) in [6, 6.07) is 25.1. The number of aromatic nitrogens is 4. The van der Waals surface area contributed by atoms with E-state index in [1.807, 2.05) is 52.9 Å². The molecular weight excluding hydrogens is 418 g/mol. The van der Waals surface area contributed by atoms with Crippen LogP contribution in [0.15, 0.2) is 84.0 Å². The highest BCUT2D eigenvalue weighted by atomic mass is 35.5. The molecule has 8 heteroatoms. The molecule has 0 fully saturated rings. The molecule has 2 heterocycles. The van der Waals surface area contributed by atoms with Gasteiger partial charge in [0.15, 0.2) is 5.16 Å². The van der Waals surface area contributed by atoms with E-state index in [1.165, 1.54) is 11.8 Å². The molecule has 0 bridgehead atoms. The number of hydrogen-bond donors (Lipinski definition) is 1. The number of benzene rings is 3. The molecule has 148 valence electrons. The average molecular weight is 434 g/mol. The van der Waals surface area contributed by atoms with Gasteiger partial charge in [0.1, 0.15) is 0 Å². The fraction of sp³-hybridized carbons (Fsp3) is 0.0455. The molecule has 30 heavy (non-hydrogen) atoms. The maximum atomic E-state index is 12.4. The highest BCUT2D eigenvalue weighted by Crippen LogP contribution is 2.28. The van der Waals surface area contributed by atoms with Crippen molar-refractivity contribution in [2.75, 3.05) is 11.1 Å². The summed E-state index contributed by atoms with van der Waals surface area (Å²) in [5.74, 6) is 0.808. The van der Waals surface area contributed by atoms with Crippen LogP contribution in [0.2, 0.25) is 5.02 Å². The first kappa shape index (κ1) is 18.7. The Morgan fingerprint density at radius 3 is 2.37 bits per heavy atom. The van der Waals surface area contributed by atoms with Crippen molar-refractivity contribution in [1.29, 1.82) is 0 Å². The molecule has 5 aromatic rings. The van der Waals surface area contributed by atoms with Crippen molar-refractivity contribution in [3.8, 4) is 5.69 Å². The summed E-state index contributed by atoms with van der Waals surface area (Å²) in [6.07, 6.45) is 0. The lowest BCUT2D eigenvalue weighted by Gasteiger charge is -2.04. The molecule has 1 N–H and O–H groups in total. The van der Waals surface area contributed by atoms with E-state index in [-0.39, 0.29) is 11.7 Å². The third-order valence-electron chi connectivity index (χ3n) is 4.65. The lowest BCUT2D eigenvalue weighted by atomic mass is 10.3. The van der Waals surface area contributed by atoms with Gasteiger partial charge in [-0.1, -0.05) is 53.7 Å². The largest absolute Gasteiger partial charge is 0.325 e. The molecule has 0 aliphatic heterocycles. The van der Waals surface area contributed by atoms with Crippen molar-refractivity contribution in [2.45, 2.75) is 5.16 Å². The maximum Gasteiger partial charge on any atom is 0.241 e. The average Bonchev–Trinajstić information content (AvgIpc) is 3.32. The highest BCUT2D eigenvalue weighted by molar-refractivity contribution is 7.99. The number of thioether (sulfide) groups is 1.